The molecule has 0 aliphatic heterocycles. The molecule has 5 aliphatic rings. The molecule has 0 aromatic heterocycles. The van der Waals surface area contributed by atoms with Crippen LogP contribution in [0.5, 0.6) is 17.2 Å². The van der Waals surface area contributed by atoms with Crippen LogP contribution in [0.25, 0.3) is 0 Å². The second kappa shape index (κ2) is 55.3. The summed E-state index contributed by atoms with van der Waals surface area (Å²) in [6, 6.07) is 80.9. The van der Waals surface area contributed by atoms with Crippen LogP contribution in [-0.4, -0.2) is 66.1 Å². The summed E-state index contributed by atoms with van der Waals surface area (Å²) in [6.07, 6.45) is 30.9. The molecular formula is C129H159IO17. The van der Waals surface area contributed by atoms with Crippen LogP contribution >= 0.6 is 22.6 Å². The van der Waals surface area contributed by atoms with Gasteiger partial charge in [-0.25, -0.2) is 28.8 Å². The lowest BCUT2D eigenvalue weighted by Crippen LogP contribution is -2.35. The standard InChI is InChI=1S/C24H28O4.C24H30O3.C22H25IO2.C22H26O2.C21H28O4.C16H22O2/c1-4-23(2,3)22(26)27-20-14-12-18(13-15-20)21(25)28-24(16-8-9-17-24)19-10-6-5-7-11-19;1-4-18(2)19-8-10-20(11-9-19)23(25)27-24(16-6-5-7-17-24)21-12-14-22(26-3)15-13-21;1-3-16(2)17-6-8-18(9-7-17)21(24)25-22(14-4-5-15-22)19-10-12-20(23)13-11-19;1-3-17(2)18-11-13-19(14-12-18)21(23)24-22(15-7-8-16-22)20-9-5-4-6-10-20;1-5-20(3,4)19(23)24-17-12-10-16(11-13-17)18(22)25-21(6-2)14-8-7-9-15-21;1-6-12(3)13-8-10-14(11-9-13)15(17)18-16(4,5)7-2/h5-7,10-15H,4,8-9,16-17H2,1-3H3;8-15,18H,4-7,16-17H2,1-3H3;6-13,16H,3-5,14-15H2,1-2H3;4-6,9-14,17H,3,7-8,15-16H2,1-2H3;6,10-13H,2,5,7-9,14-15H2,1,3-4H3;7-12H,2,6H2,1,3-5H3. The Hall–Kier alpha value is -12.0. The summed E-state index contributed by atoms with van der Waals surface area (Å²) in [5.74, 6) is 1.48. The zero-order valence-corrected chi connectivity index (χ0v) is 92.4. The SMILES string of the molecule is C=CC(C)(C)OC(=O)c1ccc(C(C)CC)cc1.C=CC1(OC(=O)c2ccc(OC(=O)C(C)(C)CC)cc2)CCCCC1.CCC(C)(C)C(=O)Oc1ccc(C(=O)OC2(c3ccccc3)CCCC2)cc1.CCC(C)c1ccc(C(=O)OC2(c3ccc(I)cc3)CCCC2)cc1.CCC(C)c1ccc(C(=O)OC2(c3ccc(OC)cc3)CCCCC2)cc1.CCC(C)c1ccc(C(=O)OC2(c3ccccc3)CCCC2)cc1. The lowest BCUT2D eigenvalue weighted by atomic mass is 9.79. The van der Waals surface area contributed by atoms with E-state index in [9.17, 15) is 38.4 Å². The van der Waals surface area contributed by atoms with E-state index < -0.39 is 44.4 Å². The highest BCUT2D eigenvalue weighted by Gasteiger charge is 2.45. The van der Waals surface area contributed by atoms with E-state index in [0.717, 1.165) is 182 Å². The minimum Gasteiger partial charge on any atom is -0.497 e. The maximum absolute atomic E-state index is 12.9. The second-order valence-electron chi connectivity index (χ2n) is 42.1. The topological polar surface area (TPSA) is 220 Å². The number of hydrogen-bond acceptors (Lipinski definition) is 17. The molecule has 10 aromatic rings. The van der Waals surface area contributed by atoms with Crippen molar-refractivity contribution in [2.45, 2.75) is 348 Å². The van der Waals surface area contributed by atoms with Crippen LogP contribution in [0.4, 0.5) is 0 Å². The van der Waals surface area contributed by atoms with Crippen LogP contribution in [0, 0.1) is 14.4 Å². The molecule has 15 rings (SSSR count). The number of carbonyl (C=O) groups is 8. The molecule has 18 heteroatoms. The highest BCUT2D eigenvalue weighted by Crippen LogP contribution is 2.48. The van der Waals surface area contributed by atoms with Crippen molar-refractivity contribution in [3.63, 3.8) is 0 Å². The Labute approximate surface area is 889 Å². The van der Waals surface area contributed by atoms with Gasteiger partial charge in [0.05, 0.1) is 51.3 Å². The molecule has 4 unspecified atom stereocenters. The molecular weight excluding hydrogens is 1950 g/mol. The van der Waals surface area contributed by atoms with Crippen LogP contribution in [-0.2, 0) is 60.4 Å². The van der Waals surface area contributed by atoms with Crippen LogP contribution in [0.1, 0.15) is 421 Å². The summed E-state index contributed by atoms with van der Waals surface area (Å²) in [6.45, 7) is 39.9. The maximum atomic E-state index is 12.9. The van der Waals surface area contributed by atoms with Crippen molar-refractivity contribution in [1.82, 2.24) is 0 Å². The van der Waals surface area contributed by atoms with Crippen molar-refractivity contribution in [3.05, 3.63) is 362 Å². The van der Waals surface area contributed by atoms with Crippen molar-refractivity contribution in [2.75, 3.05) is 7.11 Å². The molecule has 17 nitrogen and oxygen atoms in total. The van der Waals surface area contributed by atoms with E-state index in [1.165, 1.54) is 38.7 Å². The third-order valence-corrected chi connectivity index (χ3v) is 31.4. The van der Waals surface area contributed by atoms with Gasteiger partial charge in [-0.2, -0.15) is 0 Å². The third kappa shape index (κ3) is 32.7. The summed E-state index contributed by atoms with van der Waals surface area (Å²) in [5, 5.41) is 0. The van der Waals surface area contributed by atoms with E-state index in [2.05, 4.69) is 152 Å². The van der Waals surface area contributed by atoms with E-state index in [0.29, 0.717) is 81.4 Å². The predicted octanol–water partition coefficient (Wildman–Crippen LogP) is 33.5. The number of ether oxygens (including phenoxy) is 9. The van der Waals surface area contributed by atoms with E-state index in [1.54, 1.807) is 67.8 Å². The summed E-state index contributed by atoms with van der Waals surface area (Å²) in [7, 11) is 1.66. The first-order chi connectivity index (χ1) is 70.3. The number of benzene rings is 10. The zero-order valence-electron chi connectivity index (χ0n) is 90.2. The van der Waals surface area contributed by atoms with Crippen LogP contribution in [0.2, 0.25) is 0 Å². The summed E-state index contributed by atoms with van der Waals surface area (Å²) < 4.78 is 52.7. The van der Waals surface area contributed by atoms with Gasteiger partial charge in [0, 0.05) is 3.57 Å². The van der Waals surface area contributed by atoms with Crippen molar-refractivity contribution in [1.29, 1.82) is 0 Å². The summed E-state index contributed by atoms with van der Waals surface area (Å²) in [5.41, 5.74) is 8.55. The first-order valence-electron chi connectivity index (χ1n) is 53.6. The Morgan fingerprint density at radius 3 is 0.803 bits per heavy atom. The fourth-order valence-corrected chi connectivity index (χ4v) is 19.1. The summed E-state index contributed by atoms with van der Waals surface area (Å²) in [4.78, 5) is 99.8. The van der Waals surface area contributed by atoms with Crippen molar-refractivity contribution in [3.8, 4) is 17.2 Å². The molecule has 0 radical (unpaired) electrons. The van der Waals surface area contributed by atoms with E-state index in [4.69, 9.17) is 42.6 Å². The Morgan fingerprint density at radius 2 is 0.544 bits per heavy atom. The minimum atomic E-state index is -0.632. The summed E-state index contributed by atoms with van der Waals surface area (Å²) >= 11 is 2.30. The van der Waals surface area contributed by atoms with E-state index in [-0.39, 0.29) is 47.8 Å². The van der Waals surface area contributed by atoms with Gasteiger partial charge < -0.3 is 42.6 Å². The van der Waals surface area contributed by atoms with Gasteiger partial charge in [-0.1, -0.05) is 229 Å². The fourth-order valence-electron chi connectivity index (χ4n) is 18.7. The normalized spacial score (nSPS) is 16.4. The van der Waals surface area contributed by atoms with Gasteiger partial charge in [0.15, 0.2) is 0 Å². The van der Waals surface area contributed by atoms with Gasteiger partial charge in [0.25, 0.3) is 0 Å². The van der Waals surface area contributed by atoms with Gasteiger partial charge in [-0.05, 0) is 433 Å². The Morgan fingerprint density at radius 1 is 0.306 bits per heavy atom. The quantitative estimate of drug-likeness (QED) is 0.0123. The average molecular weight is 2110 g/mol. The van der Waals surface area contributed by atoms with Gasteiger partial charge in [-0.15, -0.1) is 0 Å². The minimum absolute atomic E-state index is 0.212. The Bertz CT molecular complexity index is 5840. The van der Waals surface area contributed by atoms with E-state index in [1.807, 2.05) is 201 Å². The smallest absolute Gasteiger partial charge is 0.339 e. The largest absolute Gasteiger partial charge is 0.497 e. The monoisotopic (exact) mass is 2110 g/mol. The van der Waals surface area contributed by atoms with Crippen molar-refractivity contribution < 1.29 is 81.0 Å². The molecule has 10 aromatic carbocycles. The lowest BCUT2D eigenvalue weighted by molar-refractivity contribution is -0.144. The fraction of sp³-hybridized carbons (Fsp3) is 0.442. The molecule has 0 bridgehead atoms. The Balaban J connectivity index is 0.000000181. The van der Waals surface area contributed by atoms with Crippen molar-refractivity contribution >= 4 is 70.3 Å². The van der Waals surface area contributed by atoms with Gasteiger partial charge in [0.2, 0.25) is 0 Å². The molecule has 0 heterocycles. The average Bonchev–Trinajstić information content (AvgIpc) is 1.67. The lowest BCUT2D eigenvalue weighted by Gasteiger charge is -2.37. The Kier molecular flexibility index (Phi) is 44.0. The number of rotatable bonds is 33. The number of halogens is 1. The van der Waals surface area contributed by atoms with Crippen LogP contribution in [0.3, 0.4) is 0 Å². The molecule has 0 spiro atoms. The zero-order chi connectivity index (χ0) is 107. The van der Waals surface area contributed by atoms with Gasteiger partial charge >= 0.3 is 47.8 Å². The predicted molar refractivity (Wildman–Crippen MR) is 596 cm³/mol. The first-order valence-corrected chi connectivity index (χ1v) is 54.6. The second-order valence-corrected chi connectivity index (χ2v) is 43.4. The molecule has 784 valence electrons. The van der Waals surface area contributed by atoms with Gasteiger partial charge in [-0.3, -0.25) is 9.59 Å². The molecule has 5 saturated carbocycles. The molecule has 5 fully saturated rings. The third-order valence-electron chi connectivity index (χ3n) is 30.6. The molecule has 5 aliphatic carbocycles. The number of carbonyl (C=O) groups excluding carboxylic acids is 8. The molecule has 4 atom stereocenters. The molecule has 0 saturated heterocycles. The first kappa shape index (κ1) is 117. The number of methoxy groups -OCH3 is 1. The number of esters is 8. The van der Waals surface area contributed by atoms with Crippen LogP contribution < -0.4 is 14.2 Å². The van der Waals surface area contributed by atoms with Gasteiger partial charge in [0.1, 0.15) is 50.9 Å². The van der Waals surface area contributed by atoms with E-state index >= 15 is 0 Å². The van der Waals surface area contributed by atoms with Crippen molar-refractivity contribution in [2.24, 2.45) is 10.8 Å². The number of hydrogen-bond donors (Lipinski definition) is 0. The highest BCUT2D eigenvalue weighted by atomic mass is 127. The van der Waals surface area contributed by atoms with Crippen LogP contribution in [0.15, 0.2) is 280 Å². The molecule has 0 N–H and O–H groups in total. The molecule has 147 heavy (non-hydrogen) atoms. The maximum Gasteiger partial charge on any atom is 0.339 e. The highest BCUT2D eigenvalue weighted by molar-refractivity contribution is 14.1. The molecule has 0 amide bonds.